The van der Waals surface area contributed by atoms with E-state index >= 15 is 0 Å². The van der Waals surface area contributed by atoms with Crippen LogP contribution in [0.3, 0.4) is 0 Å². The number of nitrogens with one attached hydrogen (secondary N) is 1. The summed E-state index contributed by atoms with van der Waals surface area (Å²) < 4.78 is 0. The van der Waals surface area contributed by atoms with E-state index < -0.39 is 0 Å². The number of rotatable bonds is 0. The molecule has 0 fully saturated rings. The van der Waals surface area contributed by atoms with Crippen LogP contribution < -0.4 is 0 Å². The van der Waals surface area contributed by atoms with Crippen LogP contribution in [0.5, 0.6) is 5.75 Å². The van der Waals surface area contributed by atoms with Gasteiger partial charge in [-0.15, -0.1) is 0 Å². The Morgan fingerprint density at radius 1 is 0.941 bits per heavy atom. The van der Waals surface area contributed by atoms with Crippen molar-refractivity contribution in [1.29, 1.82) is 0 Å². The van der Waals surface area contributed by atoms with Gasteiger partial charge in [0.05, 0.1) is 0 Å². The molecule has 1 aromatic heterocycles. The molecular formula is C13H13N3O. The molecule has 0 unspecified atom stereocenters. The Morgan fingerprint density at radius 3 is 2.06 bits per heavy atom. The number of aromatic nitrogens is 3. The van der Waals surface area contributed by atoms with Gasteiger partial charge in [-0.1, -0.05) is 24.3 Å². The van der Waals surface area contributed by atoms with Crippen molar-refractivity contribution in [3.05, 3.63) is 54.1 Å². The van der Waals surface area contributed by atoms with Gasteiger partial charge in [0.1, 0.15) is 16.8 Å². The average Bonchev–Trinajstić information content (AvgIpc) is 2.77. The highest BCUT2D eigenvalue weighted by atomic mass is 16.3. The standard InChI is InChI=1S/C7H8O.C6H5N3/c1-6-3-2-4-7(8)5-6;1-2-4-6-5(3-1)7-9-8-6/h2-5,8H,1H3;1-4H,(H,7,8,9). The SMILES string of the molecule is Cc1cccc(O)c1.c1ccc2n[nH]nc2c1. The number of benzene rings is 2. The van der Waals surface area contributed by atoms with E-state index in [0.717, 1.165) is 16.6 Å². The number of fused-ring (bicyclic) bond motifs is 1. The van der Waals surface area contributed by atoms with Crippen molar-refractivity contribution in [2.24, 2.45) is 0 Å². The molecule has 1 heterocycles. The number of hydrogen-bond acceptors (Lipinski definition) is 3. The summed E-state index contributed by atoms with van der Waals surface area (Å²) in [5, 5.41) is 19.1. The van der Waals surface area contributed by atoms with Crippen LogP contribution in [0, 0.1) is 6.92 Å². The first-order valence-corrected chi connectivity index (χ1v) is 5.27. The van der Waals surface area contributed by atoms with Gasteiger partial charge in [-0.25, -0.2) is 0 Å². The minimum Gasteiger partial charge on any atom is -0.508 e. The molecule has 2 N–H and O–H groups in total. The summed E-state index contributed by atoms with van der Waals surface area (Å²) in [6.45, 7) is 1.94. The maximum Gasteiger partial charge on any atom is 0.115 e. The molecule has 0 aliphatic rings. The Balaban J connectivity index is 0.000000128. The molecule has 2 aromatic carbocycles. The summed E-state index contributed by atoms with van der Waals surface area (Å²) in [6, 6.07) is 14.9. The van der Waals surface area contributed by atoms with E-state index in [-0.39, 0.29) is 0 Å². The fourth-order valence-electron chi connectivity index (χ4n) is 1.41. The van der Waals surface area contributed by atoms with Gasteiger partial charge in [-0.2, -0.15) is 15.4 Å². The molecule has 4 heteroatoms. The molecule has 0 aliphatic carbocycles. The summed E-state index contributed by atoms with van der Waals surface area (Å²) in [5.74, 6) is 0.338. The van der Waals surface area contributed by atoms with Gasteiger partial charge >= 0.3 is 0 Å². The maximum absolute atomic E-state index is 8.81. The number of nitrogens with zero attached hydrogens (tertiary/aromatic N) is 2. The Kier molecular flexibility index (Phi) is 3.35. The molecule has 0 saturated heterocycles. The highest BCUT2D eigenvalue weighted by Crippen LogP contribution is 2.08. The number of aromatic hydroxyl groups is 1. The van der Waals surface area contributed by atoms with E-state index in [4.69, 9.17) is 5.11 Å². The number of H-pyrrole nitrogens is 1. The predicted octanol–water partition coefficient (Wildman–Crippen LogP) is 2.66. The predicted molar refractivity (Wildman–Crippen MR) is 66.7 cm³/mol. The first-order valence-electron chi connectivity index (χ1n) is 5.27. The maximum atomic E-state index is 8.81. The lowest BCUT2D eigenvalue weighted by molar-refractivity contribution is 0.475. The second-order valence-corrected chi connectivity index (χ2v) is 3.65. The van der Waals surface area contributed by atoms with E-state index in [9.17, 15) is 0 Å². The molecule has 4 nitrogen and oxygen atoms in total. The number of aryl methyl sites for hydroxylation is 1. The number of para-hydroxylation sites is 2. The minimum absolute atomic E-state index is 0.338. The van der Waals surface area contributed by atoms with E-state index in [1.165, 1.54) is 0 Å². The molecule has 0 aliphatic heterocycles. The molecule has 0 spiro atoms. The van der Waals surface area contributed by atoms with Crippen molar-refractivity contribution < 1.29 is 5.11 Å². The van der Waals surface area contributed by atoms with Crippen LogP contribution in [0.15, 0.2) is 48.5 Å². The van der Waals surface area contributed by atoms with Gasteiger partial charge in [-0.05, 0) is 36.8 Å². The van der Waals surface area contributed by atoms with Gasteiger partial charge in [0, 0.05) is 0 Å². The molecule has 0 saturated carbocycles. The van der Waals surface area contributed by atoms with Crippen LogP contribution in [0.25, 0.3) is 11.0 Å². The average molecular weight is 227 g/mol. The van der Waals surface area contributed by atoms with E-state index in [0.29, 0.717) is 5.75 Å². The number of hydrogen-bond donors (Lipinski definition) is 2. The Labute approximate surface area is 98.9 Å². The van der Waals surface area contributed by atoms with Gasteiger partial charge < -0.3 is 5.11 Å². The summed E-state index contributed by atoms with van der Waals surface area (Å²) in [4.78, 5) is 0. The first kappa shape index (κ1) is 11.1. The Bertz CT molecular complexity index is 557. The lowest BCUT2D eigenvalue weighted by Crippen LogP contribution is -1.66. The smallest absolute Gasteiger partial charge is 0.115 e. The van der Waals surface area contributed by atoms with Crippen molar-refractivity contribution in [2.75, 3.05) is 0 Å². The summed E-state index contributed by atoms with van der Waals surface area (Å²) in [5.41, 5.74) is 2.92. The third kappa shape index (κ3) is 3.04. The quantitative estimate of drug-likeness (QED) is 0.620. The zero-order valence-electron chi connectivity index (χ0n) is 9.46. The molecule has 0 atom stereocenters. The van der Waals surface area contributed by atoms with E-state index in [1.807, 2.05) is 43.3 Å². The second-order valence-electron chi connectivity index (χ2n) is 3.65. The van der Waals surface area contributed by atoms with Gasteiger partial charge in [-0.3, -0.25) is 0 Å². The fourth-order valence-corrected chi connectivity index (χ4v) is 1.41. The third-order valence-electron chi connectivity index (χ3n) is 2.22. The molecule has 3 rings (SSSR count). The van der Waals surface area contributed by atoms with Crippen molar-refractivity contribution in [2.45, 2.75) is 6.92 Å². The molecule has 3 aromatic rings. The fraction of sp³-hybridized carbons (Fsp3) is 0.0769. The first-order chi connectivity index (χ1) is 8.25. The van der Waals surface area contributed by atoms with Gasteiger partial charge in [0.25, 0.3) is 0 Å². The molecule has 17 heavy (non-hydrogen) atoms. The van der Waals surface area contributed by atoms with Crippen molar-refractivity contribution in [3.8, 4) is 5.75 Å². The highest BCUT2D eigenvalue weighted by Gasteiger charge is 1.90. The van der Waals surface area contributed by atoms with E-state index in [1.54, 1.807) is 12.1 Å². The lowest BCUT2D eigenvalue weighted by Gasteiger charge is -1.89. The monoisotopic (exact) mass is 227 g/mol. The van der Waals surface area contributed by atoms with Crippen LogP contribution in [0.4, 0.5) is 0 Å². The van der Waals surface area contributed by atoms with E-state index in [2.05, 4.69) is 15.4 Å². The van der Waals surface area contributed by atoms with Crippen LogP contribution in [0.1, 0.15) is 5.56 Å². The van der Waals surface area contributed by atoms with Crippen molar-refractivity contribution >= 4 is 11.0 Å². The normalized spacial score (nSPS) is 9.71. The molecular weight excluding hydrogens is 214 g/mol. The van der Waals surface area contributed by atoms with Crippen molar-refractivity contribution in [1.82, 2.24) is 15.4 Å². The van der Waals surface area contributed by atoms with Crippen LogP contribution in [0.2, 0.25) is 0 Å². The zero-order valence-corrected chi connectivity index (χ0v) is 9.46. The number of aromatic amines is 1. The molecule has 0 bridgehead atoms. The number of phenolic OH excluding ortho intramolecular Hbond substituents is 1. The minimum atomic E-state index is 0.338. The number of phenols is 1. The Hall–Kier alpha value is -2.36. The lowest BCUT2D eigenvalue weighted by atomic mass is 10.2. The Morgan fingerprint density at radius 2 is 1.59 bits per heavy atom. The van der Waals surface area contributed by atoms with Crippen LogP contribution in [-0.4, -0.2) is 20.5 Å². The summed E-state index contributed by atoms with van der Waals surface area (Å²) in [7, 11) is 0. The zero-order chi connectivity index (χ0) is 12.1. The summed E-state index contributed by atoms with van der Waals surface area (Å²) >= 11 is 0. The topological polar surface area (TPSA) is 61.8 Å². The summed E-state index contributed by atoms with van der Waals surface area (Å²) in [6.07, 6.45) is 0. The van der Waals surface area contributed by atoms with Gasteiger partial charge in [0.2, 0.25) is 0 Å². The van der Waals surface area contributed by atoms with Crippen LogP contribution in [-0.2, 0) is 0 Å². The van der Waals surface area contributed by atoms with Crippen molar-refractivity contribution in [3.63, 3.8) is 0 Å². The second kappa shape index (κ2) is 5.12. The van der Waals surface area contributed by atoms with Crippen LogP contribution >= 0.6 is 0 Å². The molecule has 86 valence electrons. The van der Waals surface area contributed by atoms with Gasteiger partial charge in [0.15, 0.2) is 0 Å². The molecule has 0 radical (unpaired) electrons. The highest BCUT2D eigenvalue weighted by molar-refractivity contribution is 5.72. The molecule has 0 amide bonds. The largest absolute Gasteiger partial charge is 0.508 e. The third-order valence-corrected chi connectivity index (χ3v) is 2.22.